The number of carbonyl (C=O) groups excluding carboxylic acids is 3. The summed E-state index contributed by atoms with van der Waals surface area (Å²) in [7, 11) is 1.28. The molecule has 2 aromatic rings. The van der Waals surface area contributed by atoms with E-state index in [4.69, 9.17) is 9.47 Å². The summed E-state index contributed by atoms with van der Waals surface area (Å²) in [5.74, 6) is -1.06. The lowest BCUT2D eigenvalue weighted by molar-refractivity contribution is -0.146. The number of methoxy groups -OCH3 is 1. The number of fused-ring (bicyclic) bond motifs is 1. The molecule has 130 valence electrons. The van der Waals surface area contributed by atoms with Crippen molar-refractivity contribution in [1.29, 1.82) is 0 Å². The average molecular weight is 343 g/mol. The maximum Gasteiger partial charge on any atom is 0.329 e. The number of ether oxygens (including phenoxy) is 2. The third-order valence-electron chi connectivity index (χ3n) is 3.98. The minimum absolute atomic E-state index is 0.214. The fourth-order valence-corrected chi connectivity index (χ4v) is 2.82. The number of hydrogen-bond donors (Lipinski definition) is 1. The van der Waals surface area contributed by atoms with Gasteiger partial charge in [-0.1, -0.05) is 6.07 Å². The van der Waals surface area contributed by atoms with E-state index in [0.29, 0.717) is 5.56 Å². The van der Waals surface area contributed by atoms with Crippen molar-refractivity contribution in [2.75, 3.05) is 7.11 Å². The third-order valence-corrected chi connectivity index (χ3v) is 3.98. The van der Waals surface area contributed by atoms with Gasteiger partial charge >= 0.3 is 11.9 Å². The number of H-pyrrole nitrogens is 1. The highest BCUT2D eigenvalue weighted by molar-refractivity contribution is 5.97. The second kappa shape index (κ2) is 6.76. The maximum atomic E-state index is 12.9. The van der Waals surface area contributed by atoms with Crippen LogP contribution in [0.3, 0.4) is 0 Å². The van der Waals surface area contributed by atoms with E-state index in [1.807, 2.05) is 0 Å². The molecule has 0 aliphatic carbocycles. The van der Waals surface area contributed by atoms with Crippen LogP contribution in [-0.4, -0.2) is 45.9 Å². The zero-order chi connectivity index (χ0) is 18.0. The number of aromatic nitrogens is 2. The van der Waals surface area contributed by atoms with Gasteiger partial charge in [-0.2, -0.15) is 0 Å². The molecule has 1 amide bonds. The summed E-state index contributed by atoms with van der Waals surface area (Å²) >= 11 is 0. The number of nitrogens with one attached hydrogen (secondary N) is 1. The van der Waals surface area contributed by atoms with E-state index < -0.39 is 18.0 Å². The van der Waals surface area contributed by atoms with Gasteiger partial charge in [0.05, 0.1) is 31.4 Å². The number of esters is 2. The van der Waals surface area contributed by atoms with Crippen LogP contribution >= 0.6 is 0 Å². The van der Waals surface area contributed by atoms with Gasteiger partial charge < -0.3 is 19.4 Å². The van der Waals surface area contributed by atoms with Gasteiger partial charge in [-0.05, 0) is 18.2 Å². The van der Waals surface area contributed by atoms with E-state index in [0.717, 1.165) is 11.4 Å². The molecule has 0 saturated heterocycles. The first-order valence-corrected chi connectivity index (χ1v) is 7.68. The maximum absolute atomic E-state index is 12.9. The predicted molar refractivity (Wildman–Crippen MR) is 85.7 cm³/mol. The van der Waals surface area contributed by atoms with Crippen LogP contribution in [0.15, 0.2) is 30.6 Å². The van der Waals surface area contributed by atoms with Gasteiger partial charge in [-0.25, -0.2) is 9.78 Å². The monoisotopic (exact) mass is 343 g/mol. The van der Waals surface area contributed by atoms with Gasteiger partial charge in [0.2, 0.25) is 0 Å². The molecule has 1 unspecified atom stereocenters. The second-order valence-electron chi connectivity index (χ2n) is 5.63. The molecule has 1 atom stereocenters. The molecular weight excluding hydrogens is 326 g/mol. The largest absolute Gasteiger partial charge is 0.467 e. The molecular formula is C17H17N3O5. The first kappa shape index (κ1) is 16.7. The minimum atomic E-state index is -0.759. The van der Waals surface area contributed by atoms with Gasteiger partial charge in [-0.15, -0.1) is 0 Å². The van der Waals surface area contributed by atoms with Crippen LogP contribution < -0.4 is 4.74 Å². The van der Waals surface area contributed by atoms with Crippen molar-refractivity contribution in [3.63, 3.8) is 0 Å². The Balaban J connectivity index is 1.91. The topological polar surface area (TPSA) is 102 Å². The van der Waals surface area contributed by atoms with Crippen molar-refractivity contribution in [1.82, 2.24) is 14.9 Å². The van der Waals surface area contributed by atoms with Crippen LogP contribution in [0.1, 0.15) is 28.7 Å². The standard InChI is InChI=1S/C17H17N3O5/c1-10(21)25-12-5-3-4-11(6-12)16(22)20-8-14-13(18-9-19-14)7-15(20)17(23)24-2/h3-6,9,15H,7-8H2,1-2H3,(H,18,19). The molecule has 0 saturated carbocycles. The molecule has 1 aromatic carbocycles. The molecule has 8 heteroatoms. The van der Waals surface area contributed by atoms with Gasteiger partial charge in [-0.3, -0.25) is 9.59 Å². The van der Waals surface area contributed by atoms with Crippen molar-refractivity contribution in [3.8, 4) is 5.75 Å². The molecule has 25 heavy (non-hydrogen) atoms. The van der Waals surface area contributed by atoms with E-state index in [1.165, 1.54) is 31.3 Å². The molecule has 1 aliphatic heterocycles. The molecule has 0 bridgehead atoms. The molecule has 1 aromatic heterocycles. The Morgan fingerprint density at radius 2 is 2.12 bits per heavy atom. The number of aromatic amines is 1. The van der Waals surface area contributed by atoms with E-state index in [-0.39, 0.29) is 24.6 Å². The van der Waals surface area contributed by atoms with Crippen molar-refractivity contribution in [2.45, 2.75) is 25.9 Å². The van der Waals surface area contributed by atoms with Crippen LogP contribution in [0.4, 0.5) is 0 Å². The van der Waals surface area contributed by atoms with Crippen LogP contribution in [0, 0.1) is 0 Å². The number of carbonyl (C=O) groups is 3. The summed E-state index contributed by atoms with van der Waals surface area (Å²) in [6.07, 6.45) is 1.81. The van der Waals surface area contributed by atoms with Crippen molar-refractivity contribution in [2.24, 2.45) is 0 Å². The Hall–Kier alpha value is -3.16. The average Bonchev–Trinajstić information content (AvgIpc) is 3.06. The van der Waals surface area contributed by atoms with Crippen molar-refractivity contribution < 1.29 is 23.9 Å². The molecule has 0 spiro atoms. The Morgan fingerprint density at radius 3 is 2.84 bits per heavy atom. The van der Waals surface area contributed by atoms with Crippen LogP contribution in [0.25, 0.3) is 0 Å². The highest BCUT2D eigenvalue weighted by Gasteiger charge is 2.37. The van der Waals surface area contributed by atoms with Crippen LogP contribution in [0.5, 0.6) is 5.75 Å². The first-order chi connectivity index (χ1) is 12.0. The van der Waals surface area contributed by atoms with Gasteiger partial charge in [0.1, 0.15) is 11.8 Å². The molecule has 0 fully saturated rings. The van der Waals surface area contributed by atoms with Gasteiger partial charge in [0, 0.05) is 18.9 Å². The highest BCUT2D eigenvalue weighted by Crippen LogP contribution is 2.24. The lowest BCUT2D eigenvalue weighted by Gasteiger charge is -2.33. The smallest absolute Gasteiger partial charge is 0.329 e. The number of benzene rings is 1. The van der Waals surface area contributed by atoms with E-state index >= 15 is 0 Å². The minimum Gasteiger partial charge on any atom is -0.467 e. The number of rotatable bonds is 3. The first-order valence-electron chi connectivity index (χ1n) is 7.68. The number of hydrogen-bond acceptors (Lipinski definition) is 6. The highest BCUT2D eigenvalue weighted by atomic mass is 16.5. The normalized spacial score (nSPS) is 16.1. The SMILES string of the molecule is COC(=O)C1Cc2nc[nH]c2CN1C(=O)c1cccc(OC(C)=O)c1. The fraction of sp³-hybridized carbons (Fsp3) is 0.294. The van der Waals surface area contributed by atoms with Crippen molar-refractivity contribution in [3.05, 3.63) is 47.5 Å². The Morgan fingerprint density at radius 1 is 1.32 bits per heavy atom. The third kappa shape index (κ3) is 3.37. The summed E-state index contributed by atoms with van der Waals surface area (Å²) in [6.45, 7) is 1.50. The molecule has 3 rings (SSSR count). The molecule has 8 nitrogen and oxygen atoms in total. The van der Waals surface area contributed by atoms with E-state index in [2.05, 4.69) is 9.97 Å². The lowest BCUT2D eigenvalue weighted by Crippen LogP contribution is -2.49. The van der Waals surface area contributed by atoms with Gasteiger partial charge in [0.25, 0.3) is 5.91 Å². The Bertz CT molecular complexity index is 829. The number of nitrogens with zero attached hydrogens (tertiary/aromatic N) is 2. The Kier molecular flexibility index (Phi) is 4.51. The van der Waals surface area contributed by atoms with E-state index in [1.54, 1.807) is 18.2 Å². The zero-order valence-corrected chi connectivity index (χ0v) is 13.8. The molecule has 1 aliphatic rings. The molecule has 1 N–H and O–H groups in total. The van der Waals surface area contributed by atoms with Crippen molar-refractivity contribution >= 4 is 17.8 Å². The summed E-state index contributed by atoms with van der Waals surface area (Å²) < 4.78 is 9.85. The summed E-state index contributed by atoms with van der Waals surface area (Å²) in [5, 5.41) is 0. The quantitative estimate of drug-likeness (QED) is 0.661. The summed E-state index contributed by atoms with van der Waals surface area (Å²) in [4.78, 5) is 44.8. The lowest BCUT2D eigenvalue weighted by atomic mass is 10.0. The number of imidazole rings is 1. The van der Waals surface area contributed by atoms with Gasteiger partial charge in [0.15, 0.2) is 0 Å². The number of amides is 1. The zero-order valence-electron chi connectivity index (χ0n) is 13.8. The molecule has 0 radical (unpaired) electrons. The predicted octanol–water partition coefficient (Wildman–Crippen LogP) is 1.08. The van der Waals surface area contributed by atoms with E-state index in [9.17, 15) is 14.4 Å². The molecule has 2 heterocycles. The summed E-state index contributed by atoms with van der Waals surface area (Å²) in [5.41, 5.74) is 1.84. The van der Waals surface area contributed by atoms with Crippen LogP contribution in [-0.2, 0) is 27.3 Å². The summed E-state index contributed by atoms with van der Waals surface area (Å²) in [6, 6.07) is 5.52. The Labute approximate surface area is 143 Å². The fourth-order valence-electron chi connectivity index (χ4n) is 2.82. The van der Waals surface area contributed by atoms with Crippen LogP contribution in [0.2, 0.25) is 0 Å². The second-order valence-corrected chi connectivity index (χ2v) is 5.63.